The van der Waals surface area contributed by atoms with Gasteiger partial charge in [-0.2, -0.15) is 0 Å². The van der Waals surface area contributed by atoms with Crippen molar-refractivity contribution in [3.05, 3.63) is 0 Å². The number of carbonyl (C=O) groups is 1. The van der Waals surface area contributed by atoms with Crippen LogP contribution in [-0.4, -0.2) is 22.3 Å². The van der Waals surface area contributed by atoms with Crippen LogP contribution in [0.25, 0.3) is 0 Å². The van der Waals surface area contributed by atoms with E-state index in [-0.39, 0.29) is 17.4 Å². The van der Waals surface area contributed by atoms with Crippen LogP contribution in [0.1, 0.15) is 92.4 Å². The molecule has 3 heteroatoms. The maximum absolute atomic E-state index is 11.7. The molecule has 29 heavy (non-hydrogen) atoms. The van der Waals surface area contributed by atoms with Crippen molar-refractivity contribution in [3.8, 4) is 0 Å². The maximum Gasteiger partial charge on any atom is 0.303 e. The fraction of sp³-hybridized carbons (Fsp3) is 0.962. The third kappa shape index (κ3) is 3.20. The van der Waals surface area contributed by atoms with E-state index < -0.39 is 5.97 Å². The molecule has 0 aliphatic heterocycles. The Labute approximate surface area is 178 Å². The minimum Gasteiger partial charge on any atom is -0.481 e. The van der Waals surface area contributed by atoms with Crippen molar-refractivity contribution in [2.75, 3.05) is 0 Å². The van der Waals surface area contributed by atoms with Crippen LogP contribution in [0.3, 0.4) is 0 Å². The van der Waals surface area contributed by atoms with Crippen molar-refractivity contribution in [3.63, 3.8) is 0 Å². The van der Waals surface area contributed by atoms with Crippen LogP contribution in [0.15, 0.2) is 0 Å². The quantitative estimate of drug-likeness (QED) is 0.604. The van der Waals surface area contributed by atoms with Crippen molar-refractivity contribution in [2.45, 2.75) is 98.5 Å². The normalized spacial score (nSPS) is 52.9. The summed E-state index contributed by atoms with van der Waals surface area (Å²) in [5, 5.41) is 21.1. The number of rotatable bonds is 4. The van der Waals surface area contributed by atoms with Gasteiger partial charge in [0.1, 0.15) is 0 Å². The number of hydrogen-bond donors (Lipinski definition) is 2. The van der Waals surface area contributed by atoms with E-state index in [9.17, 15) is 15.0 Å². The predicted molar refractivity (Wildman–Crippen MR) is 116 cm³/mol. The van der Waals surface area contributed by atoms with Gasteiger partial charge in [-0.3, -0.25) is 4.79 Å². The average molecular weight is 405 g/mol. The zero-order valence-electron chi connectivity index (χ0n) is 19.4. The van der Waals surface area contributed by atoms with Gasteiger partial charge >= 0.3 is 5.97 Å². The van der Waals surface area contributed by atoms with Crippen LogP contribution in [0.4, 0.5) is 0 Å². The summed E-state index contributed by atoms with van der Waals surface area (Å²) in [5.74, 6) is 3.65. The lowest BCUT2D eigenvalue weighted by Crippen LogP contribution is -2.61. The lowest BCUT2D eigenvalue weighted by Gasteiger charge is -2.65. The van der Waals surface area contributed by atoms with Gasteiger partial charge < -0.3 is 10.2 Å². The second-order valence-corrected chi connectivity index (χ2v) is 12.1. The first-order valence-electron chi connectivity index (χ1n) is 12.5. The Morgan fingerprint density at radius 2 is 1.69 bits per heavy atom. The highest BCUT2D eigenvalue weighted by molar-refractivity contribution is 5.67. The molecule has 3 nitrogen and oxygen atoms in total. The molecule has 2 unspecified atom stereocenters. The number of aliphatic carboxylic acids is 1. The third-order valence-corrected chi connectivity index (χ3v) is 10.9. The summed E-state index contributed by atoms with van der Waals surface area (Å²) in [6, 6.07) is 0. The Balaban J connectivity index is 1.66. The summed E-state index contributed by atoms with van der Waals surface area (Å²) < 4.78 is 0. The minimum atomic E-state index is -0.659. The third-order valence-electron chi connectivity index (χ3n) is 10.9. The SMILES string of the molecule is CC[C@H]1[C@@H](O)[C@H]2C3CC[C@H]([C@H](C)CC(=O)O)[C@@]3(C)CCC2[C@@]2(C)CC[C@@H](C)C[C@@H]12. The van der Waals surface area contributed by atoms with Gasteiger partial charge in [0.05, 0.1) is 6.10 Å². The number of hydrogen-bond acceptors (Lipinski definition) is 2. The Hall–Kier alpha value is -0.570. The first-order valence-corrected chi connectivity index (χ1v) is 12.5. The molecule has 4 rings (SSSR count). The van der Waals surface area contributed by atoms with Crippen LogP contribution in [0.5, 0.6) is 0 Å². The number of aliphatic hydroxyl groups is 1. The van der Waals surface area contributed by atoms with Crippen molar-refractivity contribution in [1.29, 1.82) is 0 Å². The molecule has 2 N–H and O–H groups in total. The Kier molecular flexibility index (Phi) is 5.63. The van der Waals surface area contributed by atoms with Gasteiger partial charge in [-0.1, -0.05) is 47.5 Å². The molecule has 4 saturated carbocycles. The van der Waals surface area contributed by atoms with Crippen LogP contribution in [0.2, 0.25) is 0 Å². The molecule has 0 aromatic heterocycles. The second-order valence-electron chi connectivity index (χ2n) is 12.1. The summed E-state index contributed by atoms with van der Waals surface area (Å²) in [4.78, 5) is 11.4. The van der Waals surface area contributed by atoms with E-state index in [1.54, 1.807) is 0 Å². The van der Waals surface area contributed by atoms with E-state index in [1.165, 1.54) is 38.5 Å². The smallest absolute Gasteiger partial charge is 0.303 e. The van der Waals surface area contributed by atoms with Gasteiger partial charge in [0.2, 0.25) is 0 Å². The zero-order valence-corrected chi connectivity index (χ0v) is 19.4. The molecule has 166 valence electrons. The molecule has 0 radical (unpaired) electrons. The first-order chi connectivity index (χ1) is 13.6. The molecular formula is C26H44O3. The molecular weight excluding hydrogens is 360 g/mol. The molecule has 4 aliphatic rings. The Bertz CT molecular complexity index is 631. The van der Waals surface area contributed by atoms with Crippen molar-refractivity contribution in [1.82, 2.24) is 0 Å². The fourth-order valence-corrected chi connectivity index (χ4v) is 9.57. The number of aliphatic hydroxyl groups excluding tert-OH is 1. The summed E-state index contributed by atoms with van der Waals surface area (Å²) in [7, 11) is 0. The molecule has 0 aromatic carbocycles. The highest BCUT2D eigenvalue weighted by Crippen LogP contribution is 2.69. The van der Waals surface area contributed by atoms with Gasteiger partial charge in [-0.05, 0) is 96.7 Å². The van der Waals surface area contributed by atoms with E-state index in [1.807, 2.05) is 0 Å². The van der Waals surface area contributed by atoms with Crippen LogP contribution in [-0.2, 0) is 4.79 Å². The average Bonchev–Trinajstić information content (AvgIpc) is 3.00. The zero-order chi connectivity index (χ0) is 21.1. The molecule has 0 bridgehead atoms. The number of carboxylic acid groups (broad SMARTS) is 1. The van der Waals surface area contributed by atoms with Gasteiger partial charge in [0.15, 0.2) is 0 Å². The largest absolute Gasteiger partial charge is 0.481 e. The summed E-state index contributed by atoms with van der Waals surface area (Å²) >= 11 is 0. The van der Waals surface area contributed by atoms with Crippen molar-refractivity contribution < 1.29 is 15.0 Å². The molecule has 4 fully saturated rings. The van der Waals surface area contributed by atoms with Gasteiger partial charge in [0, 0.05) is 6.42 Å². The van der Waals surface area contributed by atoms with Crippen LogP contribution >= 0.6 is 0 Å². The second kappa shape index (κ2) is 7.53. The molecule has 4 aliphatic carbocycles. The van der Waals surface area contributed by atoms with Crippen molar-refractivity contribution in [2.24, 2.45) is 58.2 Å². The molecule has 0 saturated heterocycles. The molecule has 0 amide bonds. The Morgan fingerprint density at radius 1 is 1.03 bits per heavy atom. The first kappa shape index (κ1) is 21.7. The van der Waals surface area contributed by atoms with Gasteiger partial charge in [-0.25, -0.2) is 0 Å². The Morgan fingerprint density at radius 3 is 2.34 bits per heavy atom. The minimum absolute atomic E-state index is 0.161. The standard InChI is InChI=1S/C26H44O3/c1-6-17-21-13-15(2)9-11-26(21,5)20-10-12-25(4)18(16(3)14-22(27)28)7-8-19(25)23(20)24(17)29/h15-21,23-24,29H,6-14H2,1-5H3,(H,27,28)/t15-,16-,17-,18-,19?,20?,21+,23+,24-,25-,26-/m1/s1. The topological polar surface area (TPSA) is 57.5 Å². The number of fused-ring (bicyclic) bond motifs is 5. The number of carboxylic acids is 1. The van der Waals surface area contributed by atoms with Crippen LogP contribution < -0.4 is 0 Å². The van der Waals surface area contributed by atoms with E-state index in [4.69, 9.17) is 0 Å². The van der Waals surface area contributed by atoms with Crippen LogP contribution in [0, 0.1) is 58.2 Å². The molecule has 0 spiro atoms. The molecule has 0 aromatic rings. The van der Waals surface area contributed by atoms with Gasteiger partial charge in [0.25, 0.3) is 0 Å². The summed E-state index contributed by atoms with van der Waals surface area (Å²) in [5.41, 5.74) is 0.601. The highest BCUT2D eigenvalue weighted by atomic mass is 16.4. The maximum atomic E-state index is 11.7. The monoisotopic (exact) mass is 404 g/mol. The molecule has 11 atom stereocenters. The van der Waals surface area contributed by atoms with E-state index in [2.05, 4.69) is 34.6 Å². The van der Waals surface area contributed by atoms with E-state index in [0.717, 1.165) is 18.8 Å². The highest BCUT2D eigenvalue weighted by Gasteiger charge is 2.64. The lowest BCUT2D eigenvalue weighted by molar-refractivity contribution is -0.198. The van der Waals surface area contributed by atoms with E-state index in [0.29, 0.717) is 47.3 Å². The van der Waals surface area contributed by atoms with Gasteiger partial charge in [-0.15, -0.1) is 0 Å². The summed E-state index contributed by atoms with van der Waals surface area (Å²) in [6.45, 7) is 11.9. The fourth-order valence-electron chi connectivity index (χ4n) is 9.57. The van der Waals surface area contributed by atoms with Crippen molar-refractivity contribution >= 4 is 5.97 Å². The predicted octanol–water partition coefficient (Wildman–Crippen LogP) is 6.00. The van der Waals surface area contributed by atoms with E-state index >= 15 is 0 Å². The lowest BCUT2D eigenvalue weighted by atomic mass is 9.41. The summed E-state index contributed by atoms with van der Waals surface area (Å²) in [6.07, 6.45) is 10.0. The molecule has 0 heterocycles.